The first-order chi connectivity index (χ1) is 6.48. The first-order valence-corrected chi connectivity index (χ1v) is 5.40. The van der Waals surface area contributed by atoms with Crippen molar-refractivity contribution in [3.63, 3.8) is 0 Å². The van der Waals surface area contributed by atoms with E-state index in [2.05, 4.69) is 19.2 Å². The van der Waals surface area contributed by atoms with Gasteiger partial charge < -0.3 is 15.2 Å². The molecule has 1 atom stereocenters. The molecule has 0 heterocycles. The average Bonchev–Trinajstić information content (AvgIpc) is 2.01. The average molecular weight is 203 g/mol. The summed E-state index contributed by atoms with van der Waals surface area (Å²) in [6.45, 7) is 8.48. The van der Waals surface area contributed by atoms with Crippen LogP contribution in [0.1, 0.15) is 33.6 Å². The third kappa shape index (κ3) is 8.48. The Bertz CT molecular complexity index is 135. The molecule has 1 unspecified atom stereocenters. The molecule has 0 fully saturated rings. The van der Waals surface area contributed by atoms with Crippen molar-refractivity contribution in [3.8, 4) is 0 Å². The minimum Gasteiger partial charge on any atom is -0.389 e. The highest BCUT2D eigenvalue weighted by molar-refractivity contribution is 4.76. The zero-order valence-electron chi connectivity index (χ0n) is 9.97. The molecule has 14 heavy (non-hydrogen) atoms. The second kappa shape index (κ2) is 7.21. The molecule has 0 radical (unpaired) electrons. The smallest absolute Gasteiger partial charge is 0.0746 e. The zero-order chi connectivity index (χ0) is 11.0. The summed E-state index contributed by atoms with van der Waals surface area (Å²) < 4.78 is 4.94. The normalized spacial score (nSPS) is 15.9. The Morgan fingerprint density at radius 3 is 2.57 bits per heavy atom. The van der Waals surface area contributed by atoms with Crippen LogP contribution in [-0.4, -0.2) is 37.5 Å². The van der Waals surface area contributed by atoms with Gasteiger partial charge in [0.15, 0.2) is 0 Å². The maximum Gasteiger partial charge on any atom is 0.0746 e. The summed E-state index contributed by atoms with van der Waals surface area (Å²) in [5.74, 6) is 0.533. The molecule has 0 aromatic carbocycles. The second-order valence-electron chi connectivity index (χ2n) is 4.62. The fourth-order valence-electron chi connectivity index (χ4n) is 1.65. The van der Waals surface area contributed by atoms with Crippen molar-refractivity contribution >= 4 is 0 Å². The molecule has 3 heteroatoms. The van der Waals surface area contributed by atoms with Crippen LogP contribution in [-0.2, 0) is 4.74 Å². The highest BCUT2D eigenvalue weighted by Crippen LogP contribution is 2.14. The second-order valence-corrected chi connectivity index (χ2v) is 4.62. The van der Waals surface area contributed by atoms with Crippen LogP contribution in [0.4, 0.5) is 0 Å². The van der Waals surface area contributed by atoms with Crippen LogP contribution in [0.3, 0.4) is 0 Å². The van der Waals surface area contributed by atoms with Gasteiger partial charge in [-0.1, -0.05) is 13.8 Å². The Hall–Kier alpha value is -0.120. The third-order valence-electron chi connectivity index (χ3n) is 2.06. The summed E-state index contributed by atoms with van der Waals surface area (Å²) in [6, 6.07) is 0. The van der Waals surface area contributed by atoms with Crippen molar-refractivity contribution in [2.45, 2.75) is 39.2 Å². The van der Waals surface area contributed by atoms with Gasteiger partial charge in [0.25, 0.3) is 0 Å². The fraction of sp³-hybridized carbons (Fsp3) is 1.00. The Morgan fingerprint density at radius 1 is 1.43 bits per heavy atom. The number of hydrogen-bond donors (Lipinski definition) is 2. The van der Waals surface area contributed by atoms with Crippen molar-refractivity contribution in [2.75, 3.05) is 26.8 Å². The van der Waals surface area contributed by atoms with Crippen LogP contribution in [0, 0.1) is 5.92 Å². The quantitative estimate of drug-likeness (QED) is 0.586. The van der Waals surface area contributed by atoms with E-state index in [-0.39, 0.29) is 0 Å². The van der Waals surface area contributed by atoms with Crippen molar-refractivity contribution < 1.29 is 9.84 Å². The summed E-state index contributed by atoms with van der Waals surface area (Å²) in [4.78, 5) is 0. The van der Waals surface area contributed by atoms with E-state index in [9.17, 15) is 5.11 Å². The standard InChI is InChI=1S/C11H25NO2/c1-10(2)8-11(3,13)9-12-6-5-7-14-4/h10,12-13H,5-9H2,1-4H3. The summed E-state index contributed by atoms with van der Waals surface area (Å²) in [7, 11) is 1.70. The molecule has 0 aliphatic carbocycles. The van der Waals surface area contributed by atoms with Gasteiger partial charge in [-0.15, -0.1) is 0 Å². The van der Waals surface area contributed by atoms with Crippen LogP contribution in [0.2, 0.25) is 0 Å². The van der Waals surface area contributed by atoms with Crippen molar-refractivity contribution in [1.82, 2.24) is 5.32 Å². The van der Waals surface area contributed by atoms with Crippen molar-refractivity contribution in [1.29, 1.82) is 0 Å². The lowest BCUT2D eigenvalue weighted by molar-refractivity contribution is 0.0382. The van der Waals surface area contributed by atoms with Gasteiger partial charge in [-0.25, -0.2) is 0 Å². The highest BCUT2D eigenvalue weighted by Gasteiger charge is 2.20. The summed E-state index contributed by atoms with van der Waals surface area (Å²) in [5.41, 5.74) is -0.582. The molecule has 3 nitrogen and oxygen atoms in total. The van der Waals surface area contributed by atoms with E-state index < -0.39 is 5.60 Å². The Balaban J connectivity index is 3.45. The predicted molar refractivity (Wildman–Crippen MR) is 59.4 cm³/mol. The van der Waals surface area contributed by atoms with Crippen LogP contribution in [0.25, 0.3) is 0 Å². The third-order valence-corrected chi connectivity index (χ3v) is 2.06. The predicted octanol–water partition coefficient (Wildman–Crippen LogP) is 1.41. The Kier molecular flexibility index (Phi) is 7.15. The number of ether oxygens (including phenoxy) is 1. The van der Waals surface area contributed by atoms with E-state index in [1.54, 1.807) is 7.11 Å². The van der Waals surface area contributed by atoms with Gasteiger partial charge in [0, 0.05) is 20.3 Å². The van der Waals surface area contributed by atoms with Crippen molar-refractivity contribution in [3.05, 3.63) is 0 Å². The van der Waals surface area contributed by atoms with Gasteiger partial charge in [0.1, 0.15) is 0 Å². The molecule has 0 aliphatic heterocycles. The number of aliphatic hydroxyl groups is 1. The molecule has 0 saturated carbocycles. The monoisotopic (exact) mass is 203 g/mol. The number of methoxy groups -OCH3 is 1. The Labute approximate surface area is 87.8 Å². The summed E-state index contributed by atoms with van der Waals surface area (Å²) >= 11 is 0. The minimum absolute atomic E-state index is 0.533. The van der Waals surface area contributed by atoms with Crippen LogP contribution in [0.15, 0.2) is 0 Å². The van der Waals surface area contributed by atoms with E-state index in [1.165, 1.54) is 0 Å². The fourth-order valence-corrected chi connectivity index (χ4v) is 1.65. The van der Waals surface area contributed by atoms with E-state index in [4.69, 9.17) is 4.74 Å². The van der Waals surface area contributed by atoms with E-state index in [1.807, 2.05) is 6.92 Å². The molecule has 0 saturated heterocycles. The van der Waals surface area contributed by atoms with Gasteiger partial charge in [0.05, 0.1) is 5.60 Å². The van der Waals surface area contributed by atoms with Crippen LogP contribution < -0.4 is 5.32 Å². The lowest BCUT2D eigenvalue weighted by Gasteiger charge is -2.25. The Morgan fingerprint density at radius 2 is 2.07 bits per heavy atom. The first kappa shape index (κ1) is 13.9. The molecule has 0 rings (SSSR count). The largest absolute Gasteiger partial charge is 0.389 e. The minimum atomic E-state index is -0.582. The van der Waals surface area contributed by atoms with Gasteiger partial charge in [-0.2, -0.15) is 0 Å². The van der Waals surface area contributed by atoms with Crippen LogP contribution >= 0.6 is 0 Å². The highest BCUT2D eigenvalue weighted by atomic mass is 16.5. The van der Waals surface area contributed by atoms with E-state index in [0.29, 0.717) is 12.5 Å². The maximum atomic E-state index is 9.95. The van der Waals surface area contributed by atoms with E-state index in [0.717, 1.165) is 26.0 Å². The van der Waals surface area contributed by atoms with Gasteiger partial charge in [-0.3, -0.25) is 0 Å². The lowest BCUT2D eigenvalue weighted by atomic mass is 9.94. The molecule has 0 aromatic rings. The molecule has 2 N–H and O–H groups in total. The van der Waals surface area contributed by atoms with Gasteiger partial charge in [-0.05, 0) is 32.2 Å². The summed E-state index contributed by atoms with van der Waals surface area (Å²) in [6.07, 6.45) is 1.83. The molecule has 0 aliphatic rings. The lowest BCUT2D eigenvalue weighted by Crippen LogP contribution is -2.39. The van der Waals surface area contributed by atoms with E-state index >= 15 is 0 Å². The molecule has 0 amide bonds. The number of hydrogen-bond acceptors (Lipinski definition) is 3. The SMILES string of the molecule is COCCCNCC(C)(O)CC(C)C. The molecule has 0 spiro atoms. The first-order valence-electron chi connectivity index (χ1n) is 5.40. The van der Waals surface area contributed by atoms with Crippen molar-refractivity contribution in [2.24, 2.45) is 5.92 Å². The zero-order valence-corrected chi connectivity index (χ0v) is 9.97. The number of rotatable bonds is 8. The maximum absolute atomic E-state index is 9.95. The topological polar surface area (TPSA) is 41.5 Å². The molecular formula is C11H25NO2. The number of nitrogens with one attached hydrogen (secondary N) is 1. The summed E-state index contributed by atoms with van der Waals surface area (Å²) in [5, 5.41) is 13.2. The molecular weight excluding hydrogens is 178 g/mol. The van der Waals surface area contributed by atoms with Gasteiger partial charge in [0.2, 0.25) is 0 Å². The molecule has 0 aromatic heterocycles. The molecule has 0 bridgehead atoms. The molecule has 86 valence electrons. The van der Waals surface area contributed by atoms with Crippen LogP contribution in [0.5, 0.6) is 0 Å². The van der Waals surface area contributed by atoms with Gasteiger partial charge >= 0.3 is 0 Å².